The number of hydrogen-bond donors (Lipinski definition) is 0. The molecule has 0 bridgehead atoms. The third kappa shape index (κ3) is 1.83. The third-order valence-corrected chi connectivity index (χ3v) is 3.33. The highest BCUT2D eigenvalue weighted by Crippen LogP contribution is 2.21. The normalized spacial score (nSPS) is 12.0. The van der Waals surface area contributed by atoms with Gasteiger partial charge in [0.25, 0.3) is 0 Å². The quantitative estimate of drug-likeness (QED) is 0.353. The van der Waals surface area contributed by atoms with E-state index < -0.39 is 0 Å². The molecule has 2 heterocycles. The van der Waals surface area contributed by atoms with Crippen LogP contribution in [-0.2, 0) is 4.84 Å². The highest BCUT2D eigenvalue weighted by Gasteiger charge is 2.12. The maximum Gasteiger partial charge on any atom is 0.212 e. The highest BCUT2D eigenvalue weighted by atomic mass is 32.1. The van der Waals surface area contributed by atoms with Crippen LogP contribution in [0.1, 0.15) is 17.5 Å². The molecule has 0 saturated carbocycles. The summed E-state index contributed by atoms with van der Waals surface area (Å²) in [5.41, 5.74) is 1.86. The summed E-state index contributed by atoms with van der Waals surface area (Å²) in [7, 11) is 0. The van der Waals surface area contributed by atoms with E-state index in [0.29, 0.717) is 6.61 Å². The number of aromatic nitrogens is 3. The number of rotatable bonds is 4. The Bertz CT molecular complexity index is 540. The van der Waals surface area contributed by atoms with E-state index in [-0.39, 0.29) is 0 Å². The van der Waals surface area contributed by atoms with Crippen LogP contribution >= 0.6 is 11.3 Å². The molecule has 0 fully saturated rings. The average molecular weight is 236 g/mol. The molecule has 2 rings (SSSR count). The van der Waals surface area contributed by atoms with Crippen molar-refractivity contribution in [3.63, 3.8) is 0 Å². The van der Waals surface area contributed by atoms with Gasteiger partial charge in [-0.15, -0.1) is 0 Å². The van der Waals surface area contributed by atoms with Crippen LogP contribution in [0.3, 0.4) is 0 Å². The van der Waals surface area contributed by atoms with E-state index in [1.807, 2.05) is 13.8 Å². The van der Waals surface area contributed by atoms with E-state index in [2.05, 4.69) is 21.8 Å². The van der Waals surface area contributed by atoms with Gasteiger partial charge in [-0.3, -0.25) is 0 Å². The Hall–Kier alpha value is -1.69. The molecule has 0 N–H and O–H groups in total. The minimum atomic E-state index is 0.414. The molecule has 0 saturated heterocycles. The number of oxime groups is 1. The molecule has 6 heteroatoms. The SMILES string of the molecule is C=CCO/N=C(\C)c1sc2ncnn2c1C. The lowest BCUT2D eigenvalue weighted by molar-refractivity contribution is 0.175. The first-order valence-corrected chi connectivity index (χ1v) is 5.62. The van der Waals surface area contributed by atoms with Gasteiger partial charge in [0, 0.05) is 0 Å². The van der Waals surface area contributed by atoms with E-state index in [9.17, 15) is 0 Å². The Morgan fingerprint density at radius 2 is 2.56 bits per heavy atom. The second-order valence-electron chi connectivity index (χ2n) is 3.23. The molecule has 0 aliphatic heterocycles. The van der Waals surface area contributed by atoms with Gasteiger partial charge in [-0.1, -0.05) is 29.1 Å². The Morgan fingerprint density at radius 3 is 3.25 bits per heavy atom. The van der Waals surface area contributed by atoms with E-state index in [1.54, 1.807) is 28.3 Å². The second-order valence-corrected chi connectivity index (χ2v) is 4.21. The van der Waals surface area contributed by atoms with Gasteiger partial charge in [0.05, 0.1) is 16.3 Å². The van der Waals surface area contributed by atoms with Gasteiger partial charge < -0.3 is 4.84 Å². The molecule has 16 heavy (non-hydrogen) atoms. The van der Waals surface area contributed by atoms with E-state index in [4.69, 9.17) is 4.84 Å². The largest absolute Gasteiger partial charge is 0.391 e. The van der Waals surface area contributed by atoms with Crippen molar-refractivity contribution in [3.8, 4) is 0 Å². The standard InChI is InChI=1S/C10H12N4OS/c1-4-5-15-13-7(2)9-8(3)14-10(16-9)11-6-12-14/h4,6H,1,5H2,2-3H3/b13-7+. The second kappa shape index (κ2) is 4.44. The predicted molar refractivity (Wildman–Crippen MR) is 64.0 cm³/mol. The molecule has 0 radical (unpaired) electrons. The van der Waals surface area contributed by atoms with Crippen molar-refractivity contribution in [2.24, 2.45) is 5.16 Å². The molecular weight excluding hydrogens is 224 g/mol. The number of hydrogen-bond acceptors (Lipinski definition) is 5. The fourth-order valence-electron chi connectivity index (χ4n) is 1.36. The number of aryl methyl sites for hydroxylation is 1. The van der Waals surface area contributed by atoms with Crippen LogP contribution in [0.25, 0.3) is 4.96 Å². The van der Waals surface area contributed by atoms with Crippen LogP contribution in [0, 0.1) is 6.92 Å². The lowest BCUT2D eigenvalue weighted by Crippen LogP contribution is -1.98. The Balaban J connectivity index is 2.31. The summed E-state index contributed by atoms with van der Waals surface area (Å²) in [6.45, 7) is 7.86. The Labute approximate surface area is 97.1 Å². The summed E-state index contributed by atoms with van der Waals surface area (Å²) in [4.78, 5) is 11.1. The Kier molecular flexibility index (Phi) is 3.00. The smallest absolute Gasteiger partial charge is 0.212 e. The van der Waals surface area contributed by atoms with Crippen molar-refractivity contribution in [1.29, 1.82) is 0 Å². The number of fused-ring (bicyclic) bond motifs is 1. The number of nitrogens with zero attached hydrogens (tertiary/aromatic N) is 4. The minimum absolute atomic E-state index is 0.414. The third-order valence-electron chi connectivity index (χ3n) is 2.08. The van der Waals surface area contributed by atoms with Crippen LogP contribution in [0.15, 0.2) is 24.1 Å². The van der Waals surface area contributed by atoms with Crippen molar-refractivity contribution in [2.75, 3.05) is 6.61 Å². The summed E-state index contributed by atoms with van der Waals surface area (Å²) in [5.74, 6) is 0. The lowest BCUT2D eigenvalue weighted by Gasteiger charge is -1.98. The number of thiazole rings is 1. The average Bonchev–Trinajstić information content (AvgIpc) is 2.82. The minimum Gasteiger partial charge on any atom is -0.391 e. The van der Waals surface area contributed by atoms with E-state index in [0.717, 1.165) is 21.2 Å². The maximum atomic E-state index is 5.05. The van der Waals surface area contributed by atoms with Gasteiger partial charge in [-0.05, 0) is 13.8 Å². The summed E-state index contributed by atoms with van der Waals surface area (Å²) < 4.78 is 1.80. The molecule has 0 aliphatic rings. The lowest BCUT2D eigenvalue weighted by atomic mass is 10.3. The van der Waals surface area contributed by atoms with Crippen molar-refractivity contribution >= 4 is 22.0 Å². The first kappa shape index (κ1) is 10.8. The molecule has 0 aliphatic carbocycles. The molecule has 84 valence electrons. The molecule has 2 aromatic rings. The molecule has 0 unspecified atom stereocenters. The van der Waals surface area contributed by atoms with Crippen LogP contribution < -0.4 is 0 Å². The first-order chi connectivity index (χ1) is 7.74. The fourth-order valence-corrected chi connectivity index (χ4v) is 2.33. The summed E-state index contributed by atoms with van der Waals surface area (Å²) in [6.07, 6.45) is 3.20. The van der Waals surface area contributed by atoms with E-state index in [1.165, 1.54) is 0 Å². The zero-order valence-electron chi connectivity index (χ0n) is 9.17. The predicted octanol–water partition coefficient (Wildman–Crippen LogP) is 2.03. The summed E-state index contributed by atoms with van der Waals surface area (Å²) in [5, 5.41) is 8.13. The molecular formula is C10H12N4OS. The molecule has 2 aromatic heterocycles. The van der Waals surface area contributed by atoms with Gasteiger partial charge in [0.2, 0.25) is 4.96 Å². The first-order valence-electron chi connectivity index (χ1n) is 4.81. The Morgan fingerprint density at radius 1 is 1.75 bits per heavy atom. The molecule has 0 amide bonds. The zero-order chi connectivity index (χ0) is 11.5. The molecule has 0 aromatic carbocycles. The fraction of sp³-hybridized carbons (Fsp3) is 0.300. The van der Waals surface area contributed by atoms with Crippen LogP contribution in [-0.4, -0.2) is 26.9 Å². The summed E-state index contributed by atoms with van der Waals surface area (Å²) in [6, 6.07) is 0. The van der Waals surface area contributed by atoms with Crippen molar-refractivity contribution in [3.05, 3.63) is 29.6 Å². The summed E-state index contributed by atoms with van der Waals surface area (Å²) >= 11 is 1.55. The maximum absolute atomic E-state index is 5.05. The molecule has 0 spiro atoms. The van der Waals surface area contributed by atoms with Crippen LogP contribution in [0.5, 0.6) is 0 Å². The van der Waals surface area contributed by atoms with Gasteiger partial charge in [0.15, 0.2) is 0 Å². The topological polar surface area (TPSA) is 51.8 Å². The van der Waals surface area contributed by atoms with Gasteiger partial charge in [-0.25, -0.2) is 9.50 Å². The van der Waals surface area contributed by atoms with Crippen LogP contribution in [0.2, 0.25) is 0 Å². The molecule has 5 nitrogen and oxygen atoms in total. The zero-order valence-corrected chi connectivity index (χ0v) is 9.99. The van der Waals surface area contributed by atoms with Gasteiger partial charge in [0.1, 0.15) is 12.9 Å². The highest BCUT2D eigenvalue weighted by molar-refractivity contribution is 7.19. The monoisotopic (exact) mass is 236 g/mol. The van der Waals surface area contributed by atoms with Gasteiger partial charge in [-0.2, -0.15) is 5.10 Å². The van der Waals surface area contributed by atoms with Crippen molar-refractivity contribution in [2.45, 2.75) is 13.8 Å². The van der Waals surface area contributed by atoms with Crippen molar-refractivity contribution < 1.29 is 4.84 Å². The molecule has 0 atom stereocenters. The van der Waals surface area contributed by atoms with Gasteiger partial charge >= 0.3 is 0 Å². The van der Waals surface area contributed by atoms with E-state index >= 15 is 0 Å². The van der Waals surface area contributed by atoms with Crippen molar-refractivity contribution in [1.82, 2.24) is 14.6 Å². The van der Waals surface area contributed by atoms with Crippen LogP contribution in [0.4, 0.5) is 0 Å².